The monoisotopic (exact) mass is 265 g/mol. The smallest absolute Gasteiger partial charge is 0.256 e. The fraction of sp³-hybridized carbons (Fsp3) is 0. The maximum Gasteiger partial charge on any atom is 0.256 e. The van der Waals surface area contributed by atoms with Crippen LogP contribution in [-0.2, 0) is 0 Å². The Bertz CT molecular complexity index is 777. The normalized spacial score (nSPS) is 10.4. The summed E-state index contributed by atoms with van der Waals surface area (Å²) in [6.45, 7) is 0. The van der Waals surface area contributed by atoms with Crippen molar-refractivity contribution in [2.75, 3.05) is 5.32 Å². The maximum absolute atomic E-state index is 13.6. The van der Waals surface area contributed by atoms with Crippen LogP contribution in [0, 0.1) is 5.82 Å². The Morgan fingerprint density at radius 2 is 1.55 bits per heavy atom. The number of carbonyl (C=O) groups is 1. The molecule has 0 atom stereocenters. The number of fused-ring (bicyclic) bond motifs is 1. The van der Waals surface area contributed by atoms with E-state index in [1.54, 1.807) is 24.3 Å². The molecule has 1 N–H and O–H groups in total. The Hall–Kier alpha value is -2.68. The average Bonchev–Trinajstić information content (AvgIpc) is 2.49. The van der Waals surface area contributed by atoms with Crippen LogP contribution in [0.2, 0.25) is 0 Å². The van der Waals surface area contributed by atoms with E-state index in [4.69, 9.17) is 0 Å². The quantitative estimate of drug-likeness (QED) is 0.738. The van der Waals surface area contributed by atoms with Gasteiger partial charge in [0.15, 0.2) is 0 Å². The average molecular weight is 265 g/mol. The van der Waals surface area contributed by atoms with E-state index in [2.05, 4.69) is 5.32 Å². The molecule has 0 aliphatic rings. The number of anilines is 1. The van der Waals surface area contributed by atoms with Gasteiger partial charge in [-0.05, 0) is 29.0 Å². The molecule has 2 nitrogen and oxygen atoms in total. The van der Waals surface area contributed by atoms with Gasteiger partial charge in [-0.25, -0.2) is 4.39 Å². The first kappa shape index (κ1) is 12.4. The molecule has 3 rings (SSSR count). The molecule has 0 bridgehead atoms. The number of hydrogen-bond acceptors (Lipinski definition) is 1. The third-order valence-corrected chi connectivity index (χ3v) is 3.16. The van der Waals surface area contributed by atoms with Crippen molar-refractivity contribution in [2.24, 2.45) is 0 Å². The minimum Gasteiger partial charge on any atom is -0.319 e. The molecular formula is C17H12FNO. The van der Waals surface area contributed by atoms with Crippen molar-refractivity contribution in [1.29, 1.82) is 0 Å². The van der Waals surface area contributed by atoms with E-state index in [0.717, 1.165) is 10.8 Å². The zero-order valence-electron chi connectivity index (χ0n) is 10.6. The molecule has 0 aliphatic carbocycles. The Morgan fingerprint density at radius 1 is 0.850 bits per heavy atom. The number of amides is 1. The van der Waals surface area contributed by atoms with Gasteiger partial charge in [-0.3, -0.25) is 4.79 Å². The van der Waals surface area contributed by atoms with Crippen molar-refractivity contribution in [2.45, 2.75) is 0 Å². The highest BCUT2D eigenvalue weighted by Gasteiger charge is 2.11. The minimum atomic E-state index is -0.443. The second-order valence-corrected chi connectivity index (χ2v) is 4.46. The molecule has 0 saturated carbocycles. The molecule has 0 radical (unpaired) electrons. The molecule has 0 fully saturated rings. The summed E-state index contributed by atoms with van der Waals surface area (Å²) in [4.78, 5) is 12.3. The highest BCUT2D eigenvalue weighted by atomic mass is 19.1. The number of halogens is 1. The number of hydrogen-bond donors (Lipinski definition) is 1. The first-order chi connectivity index (χ1) is 9.75. The third kappa shape index (κ3) is 2.26. The summed E-state index contributed by atoms with van der Waals surface area (Å²) in [7, 11) is 0. The van der Waals surface area contributed by atoms with E-state index < -0.39 is 5.82 Å². The summed E-state index contributed by atoms with van der Waals surface area (Å²) < 4.78 is 13.6. The van der Waals surface area contributed by atoms with Crippen molar-refractivity contribution < 1.29 is 9.18 Å². The van der Waals surface area contributed by atoms with Crippen LogP contribution in [0.4, 0.5) is 10.1 Å². The molecule has 0 unspecified atom stereocenters. The van der Waals surface area contributed by atoms with E-state index in [0.29, 0.717) is 5.56 Å². The molecule has 3 aromatic carbocycles. The largest absolute Gasteiger partial charge is 0.319 e. The molecule has 0 heterocycles. The van der Waals surface area contributed by atoms with Gasteiger partial charge in [-0.15, -0.1) is 0 Å². The molecule has 0 spiro atoms. The Morgan fingerprint density at radius 3 is 2.40 bits per heavy atom. The van der Waals surface area contributed by atoms with Gasteiger partial charge in [-0.1, -0.05) is 48.5 Å². The molecule has 20 heavy (non-hydrogen) atoms. The summed E-state index contributed by atoms with van der Waals surface area (Å²) in [6.07, 6.45) is 0. The van der Waals surface area contributed by atoms with Crippen LogP contribution in [0.25, 0.3) is 10.8 Å². The number of carbonyl (C=O) groups excluding carboxylic acids is 1. The number of rotatable bonds is 2. The van der Waals surface area contributed by atoms with Gasteiger partial charge in [0.05, 0.1) is 5.69 Å². The molecule has 1 amide bonds. The number of benzene rings is 3. The second kappa shape index (κ2) is 5.13. The van der Waals surface area contributed by atoms with Crippen LogP contribution >= 0.6 is 0 Å². The molecule has 0 aliphatic heterocycles. The van der Waals surface area contributed by atoms with Crippen LogP contribution in [0.5, 0.6) is 0 Å². The first-order valence-corrected chi connectivity index (χ1v) is 6.29. The minimum absolute atomic E-state index is 0.186. The topological polar surface area (TPSA) is 29.1 Å². The lowest BCUT2D eigenvalue weighted by molar-refractivity contribution is 0.102. The summed E-state index contributed by atoms with van der Waals surface area (Å²) in [5, 5.41) is 4.44. The second-order valence-electron chi connectivity index (χ2n) is 4.46. The third-order valence-electron chi connectivity index (χ3n) is 3.16. The highest BCUT2D eigenvalue weighted by Crippen LogP contribution is 2.20. The van der Waals surface area contributed by atoms with Crippen LogP contribution in [0.1, 0.15) is 10.4 Å². The lowest BCUT2D eigenvalue weighted by Crippen LogP contribution is -2.13. The fourth-order valence-electron chi connectivity index (χ4n) is 2.18. The van der Waals surface area contributed by atoms with Crippen molar-refractivity contribution in [3.8, 4) is 0 Å². The van der Waals surface area contributed by atoms with Crippen molar-refractivity contribution in [1.82, 2.24) is 0 Å². The van der Waals surface area contributed by atoms with Crippen molar-refractivity contribution in [3.05, 3.63) is 78.1 Å². The molecule has 3 heteroatoms. The zero-order valence-corrected chi connectivity index (χ0v) is 10.6. The molecule has 0 saturated heterocycles. The molecule has 3 aromatic rings. The summed E-state index contributed by atoms with van der Waals surface area (Å²) in [5.41, 5.74) is 0.719. The maximum atomic E-state index is 13.6. The summed E-state index contributed by atoms with van der Waals surface area (Å²) in [6, 6.07) is 19.2. The lowest BCUT2D eigenvalue weighted by atomic mass is 10.0. The molecule has 98 valence electrons. The van der Waals surface area contributed by atoms with Gasteiger partial charge >= 0.3 is 0 Å². The standard InChI is InChI=1S/C17H12FNO/c18-15-10-3-4-11-16(15)19-17(20)14-9-5-7-12-6-1-2-8-13(12)14/h1-11H,(H,19,20). The Labute approximate surface area is 115 Å². The highest BCUT2D eigenvalue weighted by molar-refractivity contribution is 6.12. The van der Waals surface area contributed by atoms with E-state index in [1.165, 1.54) is 6.07 Å². The van der Waals surface area contributed by atoms with Gasteiger partial charge in [0.1, 0.15) is 5.82 Å². The zero-order chi connectivity index (χ0) is 13.9. The van der Waals surface area contributed by atoms with Crippen molar-refractivity contribution >= 4 is 22.4 Å². The summed E-state index contributed by atoms with van der Waals surface area (Å²) >= 11 is 0. The van der Waals surface area contributed by atoms with Crippen molar-refractivity contribution in [3.63, 3.8) is 0 Å². The van der Waals surface area contributed by atoms with Gasteiger partial charge < -0.3 is 5.32 Å². The number of para-hydroxylation sites is 1. The first-order valence-electron chi connectivity index (χ1n) is 6.29. The van der Waals surface area contributed by atoms with E-state index in [-0.39, 0.29) is 11.6 Å². The van der Waals surface area contributed by atoms with Crippen LogP contribution in [-0.4, -0.2) is 5.91 Å². The molecule has 0 aromatic heterocycles. The Kier molecular flexibility index (Phi) is 3.17. The van der Waals surface area contributed by atoms with Crippen LogP contribution in [0.15, 0.2) is 66.7 Å². The lowest BCUT2D eigenvalue weighted by Gasteiger charge is -2.08. The SMILES string of the molecule is O=C(Nc1ccccc1F)c1cccc2ccccc12. The predicted molar refractivity (Wildman–Crippen MR) is 78.3 cm³/mol. The van der Waals surface area contributed by atoms with Crippen LogP contribution in [0.3, 0.4) is 0 Å². The van der Waals surface area contributed by atoms with Gasteiger partial charge in [0, 0.05) is 5.56 Å². The fourth-order valence-corrected chi connectivity index (χ4v) is 2.18. The summed E-state index contributed by atoms with van der Waals surface area (Å²) in [5.74, 6) is -0.756. The van der Waals surface area contributed by atoms with Crippen LogP contribution < -0.4 is 5.32 Å². The van der Waals surface area contributed by atoms with Gasteiger partial charge in [0.25, 0.3) is 5.91 Å². The van der Waals surface area contributed by atoms with Gasteiger partial charge in [-0.2, -0.15) is 0 Å². The molecular weight excluding hydrogens is 253 g/mol. The Balaban J connectivity index is 1.99. The van der Waals surface area contributed by atoms with E-state index >= 15 is 0 Å². The van der Waals surface area contributed by atoms with E-state index in [9.17, 15) is 9.18 Å². The number of nitrogens with one attached hydrogen (secondary N) is 1. The van der Waals surface area contributed by atoms with Gasteiger partial charge in [0.2, 0.25) is 0 Å². The van der Waals surface area contributed by atoms with E-state index in [1.807, 2.05) is 36.4 Å². The predicted octanol–water partition coefficient (Wildman–Crippen LogP) is 4.23.